The van der Waals surface area contributed by atoms with Crippen LogP contribution in [-0.2, 0) is 6.54 Å². The summed E-state index contributed by atoms with van der Waals surface area (Å²) in [7, 11) is 0. The van der Waals surface area contributed by atoms with Gasteiger partial charge in [-0.2, -0.15) is 0 Å². The van der Waals surface area contributed by atoms with Crippen molar-refractivity contribution in [2.75, 3.05) is 4.90 Å². The van der Waals surface area contributed by atoms with Crippen molar-refractivity contribution in [2.45, 2.75) is 6.54 Å². The van der Waals surface area contributed by atoms with E-state index in [1.165, 1.54) is 23.5 Å². The van der Waals surface area contributed by atoms with Crippen LogP contribution in [0, 0.1) is 5.82 Å². The van der Waals surface area contributed by atoms with E-state index in [1.807, 2.05) is 60.7 Å². The molecule has 30 heavy (non-hydrogen) atoms. The fourth-order valence-corrected chi connectivity index (χ4v) is 4.43. The van der Waals surface area contributed by atoms with Crippen LogP contribution < -0.4 is 4.90 Å². The van der Waals surface area contributed by atoms with Gasteiger partial charge in [-0.25, -0.2) is 9.37 Å². The van der Waals surface area contributed by atoms with Crippen molar-refractivity contribution in [1.82, 2.24) is 9.97 Å². The summed E-state index contributed by atoms with van der Waals surface area (Å²) in [6.45, 7) is 0.269. The molecule has 0 N–H and O–H groups in total. The Morgan fingerprint density at radius 3 is 2.67 bits per heavy atom. The SMILES string of the molecule is O=C(c1cccc2ccccc12)N(Cc1ccccn1)c1nc2ccc(F)cc2s1. The summed E-state index contributed by atoms with van der Waals surface area (Å²) in [6, 6.07) is 23.5. The van der Waals surface area contributed by atoms with Crippen LogP contribution in [0.25, 0.3) is 21.0 Å². The number of amides is 1. The minimum Gasteiger partial charge on any atom is -0.278 e. The van der Waals surface area contributed by atoms with Crippen molar-refractivity contribution in [1.29, 1.82) is 0 Å². The van der Waals surface area contributed by atoms with Crippen molar-refractivity contribution in [3.05, 3.63) is 102 Å². The smallest absolute Gasteiger partial charge is 0.261 e. The van der Waals surface area contributed by atoms with Crippen molar-refractivity contribution in [2.24, 2.45) is 0 Å². The Morgan fingerprint density at radius 2 is 1.80 bits per heavy atom. The van der Waals surface area contributed by atoms with Crippen LogP contribution in [-0.4, -0.2) is 15.9 Å². The number of benzene rings is 3. The van der Waals surface area contributed by atoms with Gasteiger partial charge in [-0.3, -0.25) is 14.7 Å². The average molecular weight is 413 g/mol. The van der Waals surface area contributed by atoms with E-state index in [9.17, 15) is 9.18 Å². The van der Waals surface area contributed by atoms with Crippen LogP contribution in [0.1, 0.15) is 16.1 Å². The van der Waals surface area contributed by atoms with Gasteiger partial charge in [0.25, 0.3) is 5.91 Å². The molecule has 0 aliphatic heterocycles. The number of pyridine rings is 1. The van der Waals surface area contributed by atoms with Crippen LogP contribution >= 0.6 is 11.3 Å². The van der Waals surface area contributed by atoms with Crippen LogP contribution in [0.15, 0.2) is 85.1 Å². The van der Waals surface area contributed by atoms with Gasteiger partial charge in [0.2, 0.25) is 0 Å². The first-order valence-corrected chi connectivity index (χ1v) is 10.3. The van der Waals surface area contributed by atoms with Crippen molar-refractivity contribution in [3.8, 4) is 0 Å². The van der Waals surface area contributed by atoms with Crippen molar-refractivity contribution >= 4 is 43.4 Å². The molecule has 0 fully saturated rings. The van der Waals surface area contributed by atoms with E-state index >= 15 is 0 Å². The lowest BCUT2D eigenvalue weighted by molar-refractivity contribution is 0.0986. The number of carbonyl (C=O) groups excluding carboxylic acids is 1. The normalized spacial score (nSPS) is 11.1. The van der Waals surface area contributed by atoms with Crippen molar-refractivity contribution < 1.29 is 9.18 Å². The number of hydrogen-bond donors (Lipinski definition) is 0. The summed E-state index contributed by atoms with van der Waals surface area (Å²) in [5, 5.41) is 2.38. The molecule has 2 aromatic heterocycles. The largest absolute Gasteiger partial charge is 0.278 e. The molecule has 0 saturated carbocycles. The summed E-state index contributed by atoms with van der Waals surface area (Å²) in [4.78, 5) is 24.3. The standard InChI is InChI=1S/C24H16FN3OS/c25-17-11-12-21-22(14-17)30-24(27-21)28(15-18-8-3-4-13-26-18)23(29)20-10-5-7-16-6-1-2-9-19(16)20/h1-14H,15H2. The average Bonchev–Trinajstić information content (AvgIpc) is 3.20. The number of nitrogens with zero attached hydrogens (tertiary/aromatic N) is 3. The van der Waals surface area contributed by atoms with Gasteiger partial charge < -0.3 is 0 Å². The molecule has 2 heterocycles. The van der Waals surface area contributed by atoms with Crippen LogP contribution in [0.2, 0.25) is 0 Å². The quantitative estimate of drug-likeness (QED) is 0.372. The summed E-state index contributed by atoms with van der Waals surface area (Å²) in [6.07, 6.45) is 1.70. The van der Waals surface area contributed by atoms with E-state index in [0.29, 0.717) is 20.9 Å². The lowest BCUT2D eigenvalue weighted by Gasteiger charge is -2.20. The number of fused-ring (bicyclic) bond motifs is 2. The Bertz CT molecular complexity index is 1360. The Balaban J connectivity index is 1.63. The van der Waals surface area contributed by atoms with Gasteiger partial charge in [0.05, 0.1) is 22.5 Å². The second kappa shape index (κ2) is 7.65. The van der Waals surface area contributed by atoms with E-state index in [1.54, 1.807) is 17.2 Å². The van der Waals surface area contributed by atoms with Gasteiger partial charge in [0, 0.05) is 11.8 Å². The zero-order chi connectivity index (χ0) is 20.5. The molecular formula is C24H16FN3OS. The topological polar surface area (TPSA) is 46.1 Å². The summed E-state index contributed by atoms with van der Waals surface area (Å²) in [5.41, 5.74) is 2.00. The summed E-state index contributed by atoms with van der Waals surface area (Å²) >= 11 is 1.29. The molecule has 0 aliphatic carbocycles. The highest BCUT2D eigenvalue weighted by Crippen LogP contribution is 2.32. The van der Waals surface area contributed by atoms with E-state index < -0.39 is 0 Å². The number of rotatable bonds is 4. The molecule has 0 aliphatic rings. The minimum atomic E-state index is -0.325. The Hall–Kier alpha value is -3.64. The van der Waals surface area contributed by atoms with Gasteiger partial charge in [0.1, 0.15) is 5.82 Å². The molecule has 1 amide bonds. The predicted molar refractivity (Wildman–Crippen MR) is 118 cm³/mol. The third-order valence-corrected chi connectivity index (χ3v) is 5.92. The molecule has 146 valence electrons. The fourth-order valence-electron chi connectivity index (χ4n) is 3.44. The number of thiazole rings is 1. The Labute approximate surface area is 176 Å². The molecule has 0 unspecified atom stereocenters. The lowest BCUT2D eigenvalue weighted by Crippen LogP contribution is -2.30. The Morgan fingerprint density at radius 1 is 0.967 bits per heavy atom. The molecule has 0 bridgehead atoms. The molecule has 0 spiro atoms. The summed E-state index contributed by atoms with van der Waals surface area (Å²) in [5.74, 6) is -0.494. The fraction of sp³-hybridized carbons (Fsp3) is 0.0417. The molecule has 0 saturated heterocycles. The van der Waals surface area contributed by atoms with E-state index in [2.05, 4.69) is 9.97 Å². The lowest BCUT2D eigenvalue weighted by atomic mass is 10.0. The molecule has 6 heteroatoms. The van der Waals surface area contributed by atoms with Crippen molar-refractivity contribution in [3.63, 3.8) is 0 Å². The van der Waals surface area contributed by atoms with Gasteiger partial charge >= 0.3 is 0 Å². The molecule has 0 radical (unpaired) electrons. The third kappa shape index (κ3) is 3.42. The maximum atomic E-state index is 13.7. The van der Waals surface area contributed by atoms with E-state index in [4.69, 9.17) is 0 Å². The maximum Gasteiger partial charge on any atom is 0.261 e. The number of anilines is 1. The second-order valence-corrected chi connectivity index (χ2v) is 7.86. The van der Waals surface area contributed by atoms with Gasteiger partial charge in [0.15, 0.2) is 5.13 Å². The molecule has 5 aromatic rings. The monoisotopic (exact) mass is 413 g/mol. The number of carbonyl (C=O) groups is 1. The van der Waals surface area contributed by atoms with Gasteiger partial charge in [-0.15, -0.1) is 0 Å². The van der Waals surface area contributed by atoms with Crippen LogP contribution in [0.5, 0.6) is 0 Å². The number of hydrogen-bond acceptors (Lipinski definition) is 4. The predicted octanol–water partition coefficient (Wildman–Crippen LogP) is 5.83. The van der Waals surface area contributed by atoms with Crippen LogP contribution in [0.3, 0.4) is 0 Å². The van der Waals surface area contributed by atoms with Crippen LogP contribution in [0.4, 0.5) is 9.52 Å². The summed E-state index contributed by atoms with van der Waals surface area (Å²) < 4.78 is 14.4. The van der Waals surface area contributed by atoms with E-state index in [-0.39, 0.29) is 18.3 Å². The molecule has 4 nitrogen and oxygen atoms in total. The van der Waals surface area contributed by atoms with Gasteiger partial charge in [-0.05, 0) is 47.2 Å². The maximum absolute atomic E-state index is 13.7. The zero-order valence-electron chi connectivity index (χ0n) is 15.8. The first kappa shape index (κ1) is 18.4. The first-order chi connectivity index (χ1) is 14.7. The number of aromatic nitrogens is 2. The zero-order valence-corrected chi connectivity index (χ0v) is 16.6. The first-order valence-electron chi connectivity index (χ1n) is 9.45. The number of halogens is 1. The van der Waals surface area contributed by atoms with E-state index in [0.717, 1.165) is 16.5 Å². The molecular weight excluding hydrogens is 397 g/mol. The molecule has 3 aromatic carbocycles. The highest BCUT2D eigenvalue weighted by Gasteiger charge is 2.23. The second-order valence-electron chi connectivity index (χ2n) is 6.85. The molecule has 0 atom stereocenters. The van der Waals surface area contributed by atoms with Gasteiger partial charge in [-0.1, -0.05) is 53.8 Å². The minimum absolute atomic E-state index is 0.169. The highest BCUT2D eigenvalue weighted by atomic mass is 32.1. The molecule has 5 rings (SSSR count). The Kier molecular flexibility index (Phi) is 4.69. The third-order valence-electron chi connectivity index (χ3n) is 4.88. The highest BCUT2D eigenvalue weighted by molar-refractivity contribution is 7.22.